The normalized spacial score (nSPS) is 14.4. The first-order valence-electron chi connectivity index (χ1n) is 7.27. The Labute approximate surface area is 125 Å². The Morgan fingerprint density at radius 2 is 1.90 bits per heavy atom. The van der Waals surface area contributed by atoms with Crippen LogP contribution in [0, 0.1) is 12.7 Å². The summed E-state index contributed by atoms with van der Waals surface area (Å²) in [6.45, 7) is 4.77. The maximum absolute atomic E-state index is 13.1. The average Bonchev–Trinajstić information content (AvgIpc) is 2.86. The average molecular weight is 290 g/mol. The van der Waals surface area contributed by atoms with Gasteiger partial charge in [0.1, 0.15) is 11.6 Å². The molecule has 4 heteroatoms. The fraction of sp³-hybridized carbons (Fsp3) is 0.412. The van der Waals surface area contributed by atoms with Crippen LogP contribution < -0.4 is 5.73 Å². The van der Waals surface area contributed by atoms with Gasteiger partial charge in [0.2, 0.25) is 0 Å². The van der Waals surface area contributed by atoms with E-state index in [1.54, 1.807) is 6.26 Å². The van der Waals surface area contributed by atoms with Crippen LogP contribution in [0.1, 0.15) is 36.3 Å². The van der Waals surface area contributed by atoms with Crippen LogP contribution >= 0.6 is 0 Å². The summed E-state index contributed by atoms with van der Waals surface area (Å²) in [5.41, 5.74) is 8.48. The molecule has 0 fully saturated rings. The van der Waals surface area contributed by atoms with Gasteiger partial charge in [-0.25, -0.2) is 4.39 Å². The van der Waals surface area contributed by atoms with Crippen molar-refractivity contribution in [1.29, 1.82) is 0 Å². The highest BCUT2D eigenvalue weighted by Gasteiger charge is 2.24. The minimum absolute atomic E-state index is 0.00679. The number of nitrogens with two attached hydrogens (primary N) is 1. The van der Waals surface area contributed by atoms with Crippen molar-refractivity contribution < 1.29 is 8.81 Å². The molecule has 0 saturated carbocycles. The SMILES string of the molecule is CCC(N)C(c1ccc(F)cc1)N(C)Cc1ccoc1C. The molecule has 1 aromatic heterocycles. The van der Waals surface area contributed by atoms with Gasteiger partial charge in [0, 0.05) is 24.2 Å². The smallest absolute Gasteiger partial charge is 0.123 e. The molecule has 21 heavy (non-hydrogen) atoms. The van der Waals surface area contributed by atoms with Crippen molar-refractivity contribution >= 4 is 0 Å². The molecule has 3 nitrogen and oxygen atoms in total. The van der Waals surface area contributed by atoms with Crippen LogP contribution in [-0.2, 0) is 6.54 Å². The summed E-state index contributed by atoms with van der Waals surface area (Å²) in [5.74, 6) is 0.695. The van der Waals surface area contributed by atoms with E-state index in [-0.39, 0.29) is 17.9 Å². The van der Waals surface area contributed by atoms with Gasteiger partial charge in [-0.2, -0.15) is 0 Å². The summed E-state index contributed by atoms with van der Waals surface area (Å²) in [7, 11) is 2.04. The summed E-state index contributed by atoms with van der Waals surface area (Å²) >= 11 is 0. The summed E-state index contributed by atoms with van der Waals surface area (Å²) in [6.07, 6.45) is 2.56. The molecule has 0 saturated heterocycles. The molecule has 2 unspecified atom stereocenters. The molecule has 0 radical (unpaired) electrons. The van der Waals surface area contributed by atoms with E-state index in [0.29, 0.717) is 0 Å². The lowest BCUT2D eigenvalue weighted by molar-refractivity contribution is 0.200. The molecule has 1 aromatic carbocycles. The maximum Gasteiger partial charge on any atom is 0.123 e. The molecule has 0 bridgehead atoms. The van der Waals surface area contributed by atoms with Crippen molar-refractivity contribution in [3.05, 3.63) is 59.3 Å². The van der Waals surface area contributed by atoms with Crippen molar-refractivity contribution in [3.8, 4) is 0 Å². The van der Waals surface area contributed by atoms with Crippen LogP contribution in [0.2, 0.25) is 0 Å². The van der Waals surface area contributed by atoms with Gasteiger partial charge in [0.05, 0.1) is 6.26 Å². The molecule has 0 aliphatic heterocycles. The molecule has 0 aliphatic carbocycles. The highest BCUT2D eigenvalue weighted by atomic mass is 19.1. The highest BCUT2D eigenvalue weighted by molar-refractivity contribution is 5.23. The topological polar surface area (TPSA) is 42.4 Å². The zero-order chi connectivity index (χ0) is 15.4. The lowest BCUT2D eigenvalue weighted by Gasteiger charge is -2.32. The zero-order valence-electron chi connectivity index (χ0n) is 12.8. The minimum atomic E-state index is -0.226. The van der Waals surface area contributed by atoms with Gasteiger partial charge in [0.25, 0.3) is 0 Å². The maximum atomic E-state index is 13.1. The standard InChI is InChI=1S/C17H23FN2O/c1-4-16(19)17(13-5-7-15(18)8-6-13)20(3)11-14-9-10-21-12(14)2/h5-10,16-17H,4,11,19H2,1-3H3. The zero-order valence-corrected chi connectivity index (χ0v) is 12.8. The van der Waals surface area contributed by atoms with Crippen LogP contribution in [0.15, 0.2) is 41.0 Å². The Morgan fingerprint density at radius 3 is 2.43 bits per heavy atom. The van der Waals surface area contributed by atoms with Crippen molar-refractivity contribution in [2.45, 2.75) is 38.9 Å². The van der Waals surface area contributed by atoms with E-state index in [0.717, 1.165) is 29.9 Å². The largest absolute Gasteiger partial charge is 0.469 e. The predicted molar refractivity (Wildman–Crippen MR) is 82.3 cm³/mol. The number of halogens is 1. The third kappa shape index (κ3) is 3.71. The monoisotopic (exact) mass is 290 g/mol. The van der Waals surface area contributed by atoms with Crippen molar-refractivity contribution in [2.24, 2.45) is 5.73 Å². The molecular weight excluding hydrogens is 267 g/mol. The van der Waals surface area contributed by atoms with Gasteiger partial charge in [0.15, 0.2) is 0 Å². The molecule has 0 amide bonds. The summed E-state index contributed by atoms with van der Waals surface area (Å²) in [6, 6.07) is 8.62. The fourth-order valence-corrected chi connectivity index (χ4v) is 2.65. The molecule has 1 heterocycles. The first kappa shape index (κ1) is 15.7. The number of nitrogens with zero attached hydrogens (tertiary/aromatic N) is 1. The summed E-state index contributed by atoms with van der Waals surface area (Å²) in [4.78, 5) is 2.19. The van der Waals surface area contributed by atoms with Gasteiger partial charge in [-0.3, -0.25) is 4.90 Å². The van der Waals surface area contributed by atoms with E-state index in [9.17, 15) is 4.39 Å². The van der Waals surface area contributed by atoms with Gasteiger partial charge in [-0.05, 0) is 44.2 Å². The Hall–Kier alpha value is -1.65. The van der Waals surface area contributed by atoms with Gasteiger partial charge in [-0.15, -0.1) is 0 Å². The second kappa shape index (κ2) is 6.87. The predicted octanol–water partition coefficient (Wildman–Crippen LogP) is 3.64. The van der Waals surface area contributed by atoms with E-state index in [2.05, 4.69) is 11.8 Å². The van der Waals surface area contributed by atoms with E-state index >= 15 is 0 Å². The Kier molecular flexibility index (Phi) is 5.15. The van der Waals surface area contributed by atoms with Crippen molar-refractivity contribution in [3.63, 3.8) is 0 Å². The summed E-state index contributed by atoms with van der Waals surface area (Å²) in [5, 5.41) is 0. The molecule has 114 valence electrons. The quantitative estimate of drug-likeness (QED) is 0.883. The molecule has 2 rings (SSSR count). The van der Waals surface area contributed by atoms with E-state index < -0.39 is 0 Å². The van der Waals surface area contributed by atoms with Crippen molar-refractivity contribution in [2.75, 3.05) is 7.05 Å². The number of aryl methyl sites for hydroxylation is 1. The summed E-state index contributed by atoms with van der Waals surface area (Å²) < 4.78 is 18.5. The Balaban J connectivity index is 2.23. The lowest BCUT2D eigenvalue weighted by atomic mass is 9.96. The second-order valence-corrected chi connectivity index (χ2v) is 5.49. The molecule has 0 spiro atoms. The molecular formula is C17H23FN2O. The number of furan rings is 1. The molecule has 0 aliphatic rings. The molecule has 2 aromatic rings. The van der Waals surface area contributed by atoms with Crippen LogP contribution in [0.25, 0.3) is 0 Å². The number of likely N-dealkylation sites (N-methyl/N-ethyl adjacent to an activating group) is 1. The van der Waals surface area contributed by atoms with Crippen LogP contribution in [0.5, 0.6) is 0 Å². The first-order valence-corrected chi connectivity index (χ1v) is 7.27. The van der Waals surface area contributed by atoms with Gasteiger partial charge in [-0.1, -0.05) is 19.1 Å². The van der Waals surface area contributed by atoms with E-state index in [1.807, 2.05) is 32.2 Å². The Bertz CT molecular complexity index is 564. The second-order valence-electron chi connectivity index (χ2n) is 5.49. The van der Waals surface area contributed by atoms with Crippen LogP contribution in [0.3, 0.4) is 0 Å². The number of hydrogen-bond donors (Lipinski definition) is 1. The van der Waals surface area contributed by atoms with Gasteiger partial charge < -0.3 is 10.2 Å². The molecule has 2 N–H and O–H groups in total. The van der Waals surface area contributed by atoms with Crippen LogP contribution in [0.4, 0.5) is 4.39 Å². The number of rotatable bonds is 6. The molecule has 2 atom stereocenters. The fourth-order valence-electron chi connectivity index (χ4n) is 2.65. The third-order valence-corrected chi connectivity index (χ3v) is 3.95. The first-order chi connectivity index (χ1) is 10.0. The highest BCUT2D eigenvalue weighted by Crippen LogP contribution is 2.26. The third-order valence-electron chi connectivity index (χ3n) is 3.95. The number of hydrogen-bond acceptors (Lipinski definition) is 3. The van der Waals surface area contributed by atoms with E-state index in [1.165, 1.54) is 12.1 Å². The van der Waals surface area contributed by atoms with E-state index in [4.69, 9.17) is 10.2 Å². The van der Waals surface area contributed by atoms with Crippen LogP contribution in [-0.4, -0.2) is 18.0 Å². The minimum Gasteiger partial charge on any atom is -0.469 e. The lowest BCUT2D eigenvalue weighted by Crippen LogP contribution is -2.38. The van der Waals surface area contributed by atoms with Crippen molar-refractivity contribution in [1.82, 2.24) is 4.90 Å². The Morgan fingerprint density at radius 1 is 1.24 bits per heavy atom. The number of benzene rings is 1. The van der Waals surface area contributed by atoms with Gasteiger partial charge >= 0.3 is 0 Å².